The van der Waals surface area contributed by atoms with Gasteiger partial charge in [-0.05, 0) is 49.8 Å². The van der Waals surface area contributed by atoms with E-state index >= 15 is 0 Å². The zero-order valence-corrected chi connectivity index (χ0v) is 18.5. The minimum absolute atomic E-state index is 0.0771. The zero-order valence-electron chi connectivity index (χ0n) is 18.5. The summed E-state index contributed by atoms with van der Waals surface area (Å²) in [6, 6.07) is 3.44. The smallest absolute Gasteiger partial charge is 0.280 e. The summed E-state index contributed by atoms with van der Waals surface area (Å²) in [6.07, 6.45) is 4.64. The van der Waals surface area contributed by atoms with Crippen LogP contribution in [0.5, 0.6) is 0 Å². The quantitative estimate of drug-likeness (QED) is 0.728. The average molecular weight is 453 g/mol. The second-order valence-electron chi connectivity index (χ2n) is 9.82. The van der Waals surface area contributed by atoms with Gasteiger partial charge >= 0.3 is 0 Å². The molecule has 2 aliphatic carbocycles. The third-order valence-corrected chi connectivity index (χ3v) is 7.40. The van der Waals surface area contributed by atoms with Crippen LogP contribution in [0.4, 0.5) is 14.6 Å². The lowest BCUT2D eigenvalue weighted by Crippen LogP contribution is -2.49. The molecule has 4 heterocycles. The van der Waals surface area contributed by atoms with Gasteiger partial charge in [0.25, 0.3) is 12.3 Å². The normalized spacial score (nSPS) is 22.6. The van der Waals surface area contributed by atoms with Crippen molar-refractivity contribution in [1.82, 2.24) is 20.1 Å². The van der Waals surface area contributed by atoms with Crippen LogP contribution >= 0.6 is 0 Å². The molecule has 2 aliphatic heterocycles. The topological polar surface area (TPSA) is 75.4 Å². The van der Waals surface area contributed by atoms with Crippen molar-refractivity contribution in [2.45, 2.75) is 51.6 Å². The molecule has 1 atom stereocenters. The van der Waals surface area contributed by atoms with Crippen LogP contribution in [0.1, 0.15) is 60.6 Å². The van der Waals surface area contributed by atoms with Gasteiger partial charge in [-0.3, -0.25) is 14.5 Å². The molecule has 33 heavy (non-hydrogen) atoms. The molecule has 9 heteroatoms. The molecule has 0 aromatic carbocycles. The Hall–Kier alpha value is -3.10. The number of hydrogen-bond donors (Lipinski definition) is 1. The first-order valence-electron chi connectivity index (χ1n) is 11.5. The van der Waals surface area contributed by atoms with E-state index in [1.807, 2.05) is 6.07 Å². The molecule has 1 N–H and O–H groups in total. The summed E-state index contributed by atoms with van der Waals surface area (Å²) in [6.45, 7) is 4.75. The fourth-order valence-corrected chi connectivity index (χ4v) is 5.23. The largest absolute Gasteiger partial charge is 0.355 e. The van der Waals surface area contributed by atoms with E-state index in [1.165, 1.54) is 34.9 Å². The Balaban J connectivity index is 1.14. The van der Waals surface area contributed by atoms with Crippen LogP contribution in [0.25, 0.3) is 0 Å². The number of halogens is 2. The number of carbonyl (C=O) groups is 1. The highest BCUT2D eigenvalue weighted by Crippen LogP contribution is 2.53. The Bertz CT molecular complexity index is 1190. The molecular weight excluding hydrogens is 426 g/mol. The lowest BCUT2D eigenvalue weighted by Gasteiger charge is -2.41. The van der Waals surface area contributed by atoms with Gasteiger partial charge in [-0.1, -0.05) is 6.07 Å². The molecule has 7 nitrogen and oxygen atoms in total. The molecule has 4 aliphatic rings. The van der Waals surface area contributed by atoms with Crippen LogP contribution in [0, 0.1) is 5.41 Å². The average Bonchev–Trinajstić information content (AvgIpc) is 3.08. The molecule has 172 valence electrons. The molecule has 0 radical (unpaired) electrons. The van der Waals surface area contributed by atoms with Gasteiger partial charge in [0.05, 0.1) is 36.6 Å². The predicted octanol–water partition coefficient (Wildman–Crippen LogP) is 3.53. The van der Waals surface area contributed by atoms with Crippen LogP contribution in [0.15, 0.2) is 40.7 Å². The van der Waals surface area contributed by atoms with Gasteiger partial charge in [0.15, 0.2) is 0 Å². The summed E-state index contributed by atoms with van der Waals surface area (Å²) in [5.41, 5.74) is 4.58. The van der Waals surface area contributed by atoms with Gasteiger partial charge < -0.3 is 10.2 Å². The predicted molar refractivity (Wildman–Crippen MR) is 120 cm³/mol. The third-order valence-electron chi connectivity index (χ3n) is 7.40. The first-order chi connectivity index (χ1) is 15.9. The van der Waals surface area contributed by atoms with E-state index < -0.39 is 6.43 Å². The molecule has 0 bridgehead atoms. The fourth-order valence-electron chi connectivity index (χ4n) is 5.23. The van der Waals surface area contributed by atoms with E-state index in [0.29, 0.717) is 28.9 Å². The number of amides is 1. The summed E-state index contributed by atoms with van der Waals surface area (Å²) in [5.74, 6) is 0.385. The molecule has 2 saturated carbocycles. The minimum atomic E-state index is -2.67. The Kier molecular flexibility index (Phi) is 4.64. The summed E-state index contributed by atoms with van der Waals surface area (Å²) < 4.78 is 29.0. The molecule has 1 saturated heterocycles. The van der Waals surface area contributed by atoms with E-state index in [1.54, 1.807) is 12.3 Å². The summed E-state index contributed by atoms with van der Waals surface area (Å²) in [5, 5.41) is 7.27. The zero-order chi connectivity index (χ0) is 22.7. The van der Waals surface area contributed by atoms with E-state index in [4.69, 9.17) is 0 Å². The molecule has 0 unspecified atom stereocenters. The van der Waals surface area contributed by atoms with Crippen molar-refractivity contribution in [1.29, 1.82) is 0 Å². The lowest BCUT2D eigenvalue weighted by molar-refractivity contribution is 0.0946. The third kappa shape index (κ3) is 3.63. The number of nitrogens with zero attached hydrogens (tertiary/aromatic N) is 5. The number of hydrogen-bond acceptors (Lipinski definition) is 5. The number of alkyl halides is 2. The summed E-state index contributed by atoms with van der Waals surface area (Å²) >= 11 is 0. The molecule has 3 fully saturated rings. The Labute approximate surface area is 190 Å². The number of nitrogens with one attached hydrogen (secondary N) is 1. The molecule has 2 aromatic rings. The van der Waals surface area contributed by atoms with Crippen LogP contribution in [0.2, 0.25) is 0 Å². The number of anilines is 1. The van der Waals surface area contributed by atoms with Crippen LogP contribution in [-0.4, -0.2) is 52.1 Å². The highest BCUT2D eigenvalue weighted by atomic mass is 19.3. The second kappa shape index (κ2) is 7.46. The Morgan fingerprint density at radius 3 is 2.88 bits per heavy atom. The van der Waals surface area contributed by atoms with Crippen molar-refractivity contribution < 1.29 is 13.6 Å². The molecule has 1 spiro atoms. The molecule has 6 rings (SSSR count). The van der Waals surface area contributed by atoms with E-state index in [0.717, 1.165) is 31.6 Å². The number of aliphatic imine (C=N–C) groups is 1. The van der Waals surface area contributed by atoms with Gasteiger partial charge in [0, 0.05) is 30.3 Å². The van der Waals surface area contributed by atoms with Crippen molar-refractivity contribution in [3.8, 4) is 0 Å². The highest BCUT2D eigenvalue weighted by Gasteiger charge is 2.52. The SMILES string of the molecule is CC1=C2CC[C@@H](NC(=O)c3cnn(Cc4ccc(N5CC6(CC6)C5)nc4C(F)F)c3)C2=NC1. The molecular formula is C24H26F2N6O. The number of carbonyl (C=O) groups excluding carboxylic acids is 1. The van der Waals surface area contributed by atoms with Crippen molar-refractivity contribution in [2.24, 2.45) is 10.4 Å². The minimum Gasteiger partial charge on any atom is -0.355 e. The van der Waals surface area contributed by atoms with Gasteiger partial charge in [-0.15, -0.1) is 0 Å². The summed E-state index contributed by atoms with van der Waals surface area (Å²) in [7, 11) is 0. The monoisotopic (exact) mass is 452 g/mol. The number of fused-ring (bicyclic) bond motifs is 1. The summed E-state index contributed by atoms with van der Waals surface area (Å²) in [4.78, 5) is 23.7. The maximum absolute atomic E-state index is 13.8. The van der Waals surface area contributed by atoms with Crippen molar-refractivity contribution in [2.75, 3.05) is 24.5 Å². The standard InChI is InChI=1S/C24H26F2N6O/c1-14-8-27-21-17(14)3-4-18(21)29-23(33)16-9-28-32(11-16)10-15-2-5-19(30-20(15)22(25)26)31-12-24(13-31)6-7-24/h2,5,9,11,18,22H,3-4,6-8,10,12-13H2,1H3,(H,29,33)/t18-/m1/s1. The number of rotatable bonds is 6. The van der Waals surface area contributed by atoms with Gasteiger partial charge in [-0.25, -0.2) is 13.8 Å². The van der Waals surface area contributed by atoms with Crippen LogP contribution in [-0.2, 0) is 6.54 Å². The van der Waals surface area contributed by atoms with E-state index in [2.05, 4.69) is 32.2 Å². The first kappa shape index (κ1) is 20.5. The van der Waals surface area contributed by atoms with Gasteiger partial charge in [0.1, 0.15) is 11.5 Å². The lowest BCUT2D eigenvalue weighted by atomic mass is 9.97. The highest BCUT2D eigenvalue weighted by molar-refractivity contribution is 6.10. The van der Waals surface area contributed by atoms with E-state index in [-0.39, 0.29) is 24.2 Å². The molecule has 1 amide bonds. The first-order valence-corrected chi connectivity index (χ1v) is 11.5. The molecule has 2 aromatic heterocycles. The maximum atomic E-state index is 13.8. The fraction of sp³-hybridized carbons (Fsp3) is 0.500. The van der Waals surface area contributed by atoms with Gasteiger partial charge in [-0.2, -0.15) is 5.10 Å². The number of aromatic nitrogens is 3. The van der Waals surface area contributed by atoms with Crippen LogP contribution in [0.3, 0.4) is 0 Å². The van der Waals surface area contributed by atoms with Gasteiger partial charge in [0.2, 0.25) is 0 Å². The maximum Gasteiger partial charge on any atom is 0.280 e. The van der Waals surface area contributed by atoms with Crippen molar-refractivity contribution in [3.63, 3.8) is 0 Å². The Morgan fingerprint density at radius 1 is 1.30 bits per heavy atom. The van der Waals surface area contributed by atoms with Crippen molar-refractivity contribution in [3.05, 3.63) is 52.5 Å². The Morgan fingerprint density at radius 2 is 2.12 bits per heavy atom. The van der Waals surface area contributed by atoms with Crippen LogP contribution < -0.4 is 10.2 Å². The van der Waals surface area contributed by atoms with E-state index in [9.17, 15) is 13.6 Å². The number of pyridine rings is 1. The second-order valence-corrected chi connectivity index (χ2v) is 9.82. The van der Waals surface area contributed by atoms with Crippen molar-refractivity contribution >= 4 is 17.4 Å².